The van der Waals surface area contributed by atoms with Gasteiger partial charge in [0, 0.05) is 6.08 Å². The van der Waals surface area contributed by atoms with E-state index in [1.165, 1.54) is 6.08 Å². The first-order chi connectivity index (χ1) is 11.6. The summed E-state index contributed by atoms with van der Waals surface area (Å²) in [5, 5.41) is 0. The van der Waals surface area contributed by atoms with E-state index in [4.69, 9.17) is 15.2 Å². The quantitative estimate of drug-likeness (QED) is 0.471. The van der Waals surface area contributed by atoms with Crippen LogP contribution in [0, 0.1) is 0 Å². The Balaban J connectivity index is 2.12. The molecule has 2 rings (SSSR count). The summed E-state index contributed by atoms with van der Waals surface area (Å²) in [6.45, 7) is 4.60. The zero-order chi connectivity index (χ0) is 17.4. The number of esters is 1. The number of anilines is 1. The monoisotopic (exact) mass is 325 g/mol. The number of carbonyl (C=O) groups excluding carboxylic acids is 1. The van der Waals surface area contributed by atoms with Crippen LogP contribution in [0.15, 0.2) is 54.6 Å². The molecule has 4 nitrogen and oxygen atoms in total. The molecule has 2 aromatic rings. The zero-order valence-corrected chi connectivity index (χ0v) is 14.1. The fourth-order valence-corrected chi connectivity index (χ4v) is 2.33. The molecule has 0 spiro atoms. The lowest BCUT2D eigenvalue weighted by atomic mass is 10.0. The van der Waals surface area contributed by atoms with Gasteiger partial charge in [0.1, 0.15) is 12.4 Å². The van der Waals surface area contributed by atoms with E-state index in [1.54, 1.807) is 6.92 Å². The Morgan fingerprint density at radius 1 is 1.12 bits per heavy atom. The molecule has 0 radical (unpaired) electrons. The molecule has 0 unspecified atom stereocenters. The van der Waals surface area contributed by atoms with Gasteiger partial charge in [-0.3, -0.25) is 0 Å². The number of hydrogen-bond donors (Lipinski definition) is 1. The topological polar surface area (TPSA) is 61.5 Å². The SMILES string of the molecule is CCOC(=O)/C=C(/CC)c1ccc(OCc2ccccc2)c(N)c1. The van der Waals surface area contributed by atoms with Crippen molar-refractivity contribution < 1.29 is 14.3 Å². The Morgan fingerprint density at radius 2 is 1.88 bits per heavy atom. The van der Waals surface area contributed by atoms with E-state index < -0.39 is 0 Å². The molecule has 0 saturated carbocycles. The summed E-state index contributed by atoms with van der Waals surface area (Å²) in [7, 11) is 0. The normalized spacial score (nSPS) is 11.2. The van der Waals surface area contributed by atoms with E-state index in [0.717, 1.165) is 16.7 Å². The largest absolute Gasteiger partial charge is 0.487 e. The highest BCUT2D eigenvalue weighted by Gasteiger charge is 2.08. The average molecular weight is 325 g/mol. The van der Waals surface area contributed by atoms with Crippen molar-refractivity contribution in [3.63, 3.8) is 0 Å². The van der Waals surface area contributed by atoms with Crippen molar-refractivity contribution in [1.82, 2.24) is 0 Å². The van der Waals surface area contributed by atoms with Crippen molar-refractivity contribution in [2.75, 3.05) is 12.3 Å². The zero-order valence-electron chi connectivity index (χ0n) is 14.1. The Morgan fingerprint density at radius 3 is 2.50 bits per heavy atom. The number of ether oxygens (including phenoxy) is 2. The number of hydrogen-bond acceptors (Lipinski definition) is 4. The molecular formula is C20H23NO3. The highest BCUT2D eigenvalue weighted by atomic mass is 16.5. The third kappa shape index (κ3) is 4.88. The number of carbonyl (C=O) groups is 1. The molecule has 0 amide bonds. The van der Waals surface area contributed by atoms with Crippen LogP contribution >= 0.6 is 0 Å². The lowest BCUT2D eigenvalue weighted by Crippen LogP contribution is -2.02. The van der Waals surface area contributed by atoms with Crippen LogP contribution in [0.1, 0.15) is 31.4 Å². The second kappa shape index (κ2) is 8.77. The summed E-state index contributed by atoms with van der Waals surface area (Å²) in [4.78, 5) is 11.6. The van der Waals surface area contributed by atoms with Crippen LogP contribution in [0.5, 0.6) is 5.75 Å². The number of nitrogen functional groups attached to an aromatic ring is 1. The molecule has 2 aromatic carbocycles. The van der Waals surface area contributed by atoms with E-state index in [2.05, 4.69) is 0 Å². The summed E-state index contributed by atoms with van der Waals surface area (Å²) in [6.07, 6.45) is 2.23. The smallest absolute Gasteiger partial charge is 0.331 e. The van der Waals surface area contributed by atoms with Crippen molar-refractivity contribution in [1.29, 1.82) is 0 Å². The van der Waals surface area contributed by atoms with Gasteiger partial charge < -0.3 is 15.2 Å². The van der Waals surface area contributed by atoms with Gasteiger partial charge in [0.15, 0.2) is 0 Å². The molecule has 0 saturated heterocycles. The van der Waals surface area contributed by atoms with E-state index >= 15 is 0 Å². The molecule has 0 atom stereocenters. The van der Waals surface area contributed by atoms with Crippen LogP contribution in [-0.2, 0) is 16.1 Å². The van der Waals surface area contributed by atoms with Crippen LogP contribution in [0.2, 0.25) is 0 Å². The molecule has 2 N–H and O–H groups in total. The Hall–Kier alpha value is -2.75. The van der Waals surface area contributed by atoms with Crippen LogP contribution in [0.3, 0.4) is 0 Å². The van der Waals surface area contributed by atoms with Gasteiger partial charge in [0.05, 0.1) is 12.3 Å². The first kappa shape index (κ1) is 17.6. The minimum absolute atomic E-state index is 0.336. The lowest BCUT2D eigenvalue weighted by Gasteiger charge is -2.12. The Kier molecular flexibility index (Phi) is 6.43. The highest BCUT2D eigenvalue weighted by Crippen LogP contribution is 2.28. The molecule has 0 aliphatic heterocycles. The predicted octanol–water partition coefficient (Wildman–Crippen LogP) is 4.20. The van der Waals surface area contributed by atoms with Crippen LogP contribution in [0.4, 0.5) is 5.69 Å². The molecular weight excluding hydrogens is 302 g/mol. The van der Waals surface area contributed by atoms with Gasteiger partial charge in [-0.25, -0.2) is 4.79 Å². The first-order valence-electron chi connectivity index (χ1n) is 8.08. The molecule has 24 heavy (non-hydrogen) atoms. The van der Waals surface area contributed by atoms with Gasteiger partial charge in [-0.2, -0.15) is 0 Å². The van der Waals surface area contributed by atoms with Crippen molar-refractivity contribution in [2.24, 2.45) is 0 Å². The minimum Gasteiger partial charge on any atom is -0.487 e. The van der Waals surface area contributed by atoms with Crippen LogP contribution < -0.4 is 10.5 Å². The molecule has 0 aromatic heterocycles. The van der Waals surface area contributed by atoms with Crippen molar-refractivity contribution in [2.45, 2.75) is 26.9 Å². The summed E-state index contributed by atoms with van der Waals surface area (Å²) in [5.41, 5.74) is 9.51. The minimum atomic E-state index is -0.336. The molecule has 0 fully saturated rings. The fraction of sp³-hybridized carbons (Fsp3) is 0.250. The third-order valence-corrected chi connectivity index (χ3v) is 3.58. The first-order valence-corrected chi connectivity index (χ1v) is 8.08. The van der Waals surface area contributed by atoms with Gasteiger partial charge in [0.25, 0.3) is 0 Å². The summed E-state index contributed by atoms with van der Waals surface area (Å²) < 4.78 is 10.7. The van der Waals surface area contributed by atoms with E-state index in [-0.39, 0.29) is 5.97 Å². The van der Waals surface area contributed by atoms with Gasteiger partial charge in [-0.15, -0.1) is 0 Å². The van der Waals surface area contributed by atoms with Gasteiger partial charge >= 0.3 is 5.97 Å². The van der Waals surface area contributed by atoms with Crippen molar-refractivity contribution in [3.05, 3.63) is 65.7 Å². The molecule has 126 valence electrons. The number of benzene rings is 2. The number of nitrogens with two attached hydrogens (primary N) is 1. The maximum atomic E-state index is 11.6. The van der Waals surface area contributed by atoms with Gasteiger partial charge in [-0.1, -0.05) is 43.3 Å². The molecule has 0 heterocycles. The summed E-state index contributed by atoms with van der Waals surface area (Å²) in [5.74, 6) is 0.298. The maximum Gasteiger partial charge on any atom is 0.331 e. The number of allylic oxidation sites excluding steroid dienone is 1. The third-order valence-electron chi connectivity index (χ3n) is 3.58. The Bertz CT molecular complexity index is 708. The molecule has 4 heteroatoms. The Labute approximate surface area is 142 Å². The standard InChI is InChI=1S/C20H23NO3/c1-3-16(13-20(22)23-4-2)17-10-11-19(18(21)12-17)24-14-15-8-6-5-7-9-15/h5-13H,3-4,14,21H2,1-2H3/b16-13-. The predicted molar refractivity (Wildman–Crippen MR) is 96.5 cm³/mol. The van der Waals surface area contributed by atoms with Crippen molar-refractivity contribution >= 4 is 17.2 Å². The van der Waals surface area contributed by atoms with Crippen molar-refractivity contribution in [3.8, 4) is 5.75 Å². The maximum absolute atomic E-state index is 11.6. The summed E-state index contributed by atoms with van der Waals surface area (Å²) in [6, 6.07) is 15.5. The molecule has 0 aliphatic carbocycles. The molecule has 0 bridgehead atoms. The van der Waals surface area contributed by atoms with Gasteiger partial charge in [-0.05, 0) is 42.2 Å². The molecule has 0 aliphatic rings. The lowest BCUT2D eigenvalue weighted by molar-refractivity contribution is -0.137. The van der Waals surface area contributed by atoms with E-state index in [9.17, 15) is 4.79 Å². The van der Waals surface area contributed by atoms with Crippen LogP contribution in [0.25, 0.3) is 5.57 Å². The van der Waals surface area contributed by atoms with E-state index in [1.807, 2.05) is 55.5 Å². The van der Waals surface area contributed by atoms with E-state index in [0.29, 0.717) is 31.1 Å². The van der Waals surface area contributed by atoms with Gasteiger partial charge in [0.2, 0.25) is 0 Å². The number of rotatable bonds is 7. The summed E-state index contributed by atoms with van der Waals surface area (Å²) >= 11 is 0. The highest BCUT2D eigenvalue weighted by molar-refractivity contribution is 5.91. The fourth-order valence-electron chi connectivity index (χ4n) is 2.33. The second-order valence-corrected chi connectivity index (χ2v) is 5.30. The average Bonchev–Trinajstić information content (AvgIpc) is 2.60. The second-order valence-electron chi connectivity index (χ2n) is 5.30. The van der Waals surface area contributed by atoms with Crippen LogP contribution in [-0.4, -0.2) is 12.6 Å².